The van der Waals surface area contributed by atoms with E-state index in [1.807, 2.05) is 0 Å². The van der Waals surface area contributed by atoms with Crippen LogP contribution in [0, 0.1) is 0 Å². The summed E-state index contributed by atoms with van der Waals surface area (Å²) in [5, 5.41) is 9.72. The molecule has 0 amide bonds. The lowest BCUT2D eigenvalue weighted by Gasteiger charge is -2.35. The van der Waals surface area contributed by atoms with Crippen LogP contribution in [0.15, 0.2) is 23.0 Å². The summed E-state index contributed by atoms with van der Waals surface area (Å²) in [6, 6.07) is 5.40. The molecule has 1 aliphatic rings. The zero-order valence-electron chi connectivity index (χ0n) is 11.9. The SMILES string of the molecule is Nc1ccc2nc(N3CCCCC3CCO)[nH]c(=O)c2c1. The number of aliphatic hydroxyl groups is 1. The zero-order chi connectivity index (χ0) is 14.8. The molecule has 4 N–H and O–H groups in total. The average Bonchev–Trinajstić information content (AvgIpc) is 2.49. The lowest BCUT2D eigenvalue weighted by atomic mass is 10.0. The van der Waals surface area contributed by atoms with Crippen molar-refractivity contribution in [2.75, 3.05) is 23.8 Å². The first kappa shape index (κ1) is 13.9. The van der Waals surface area contributed by atoms with Crippen LogP contribution < -0.4 is 16.2 Å². The summed E-state index contributed by atoms with van der Waals surface area (Å²) in [5.41, 5.74) is 6.75. The molecule has 1 atom stereocenters. The summed E-state index contributed by atoms with van der Waals surface area (Å²) in [6.45, 7) is 1.00. The number of nitrogens with zero attached hydrogens (tertiary/aromatic N) is 2. The van der Waals surface area contributed by atoms with Crippen LogP contribution in [-0.4, -0.2) is 34.3 Å². The summed E-state index contributed by atoms with van der Waals surface area (Å²) in [5.74, 6) is 0.593. The second kappa shape index (κ2) is 5.73. The molecule has 1 unspecified atom stereocenters. The number of aromatic amines is 1. The minimum atomic E-state index is -0.171. The number of hydrogen-bond acceptors (Lipinski definition) is 5. The third kappa shape index (κ3) is 2.71. The van der Waals surface area contributed by atoms with Crippen LogP contribution in [0.25, 0.3) is 10.9 Å². The monoisotopic (exact) mass is 288 g/mol. The molecule has 2 heterocycles. The molecule has 6 heteroatoms. The molecule has 0 aliphatic carbocycles. The molecule has 0 spiro atoms. The van der Waals surface area contributed by atoms with Gasteiger partial charge in [0.25, 0.3) is 5.56 Å². The van der Waals surface area contributed by atoms with Crippen LogP contribution in [0.4, 0.5) is 11.6 Å². The Hall–Kier alpha value is -2.08. The number of benzene rings is 1. The van der Waals surface area contributed by atoms with Crippen LogP contribution in [0.5, 0.6) is 0 Å². The number of piperidine rings is 1. The Morgan fingerprint density at radius 3 is 3.10 bits per heavy atom. The Balaban J connectivity index is 2.03. The van der Waals surface area contributed by atoms with Gasteiger partial charge in [-0.1, -0.05) is 0 Å². The Labute approximate surface area is 122 Å². The second-order valence-corrected chi connectivity index (χ2v) is 5.52. The van der Waals surface area contributed by atoms with Crippen molar-refractivity contribution in [3.8, 4) is 0 Å². The first-order chi connectivity index (χ1) is 10.2. The van der Waals surface area contributed by atoms with Crippen LogP contribution in [-0.2, 0) is 0 Å². The maximum Gasteiger partial charge on any atom is 0.260 e. The van der Waals surface area contributed by atoms with Gasteiger partial charge in [-0.3, -0.25) is 9.78 Å². The van der Waals surface area contributed by atoms with E-state index in [9.17, 15) is 9.90 Å². The van der Waals surface area contributed by atoms with Gasteiger partial charge in [0.2, 0.25) is 5.95 Å². The predicted octanol–water partition coefficient (Wildman–Crippen LogP) is 1.25. The number of hydrogen-bond donors (Lipinski definition) is 3. The number of nitrogen functional groups attached to an aromatic ring is 1. The zero-order valence-corrected chi connectivity index (χ0v) is 11.9. The van der Waals surface area contributed by atoms with Gasteiger partial charge in [-0.2, -0.15) is 0 Å². The highest BCUT2D eigenvalue weighted by Gasteiger charge is 2.24. The van der Waals surface area contributed by atoms with E-state index in [-0.39, 0.29) is 18.2 Å². The van der Waals surface area contributed by atoms with Crippen molar-refractivity contribution in [2.45, 2.75) is 31.7 Å². The van der Waals surface area contributed by atoms with E-state index < -0.39 is 0 Å². The lowest BCUT2D eigenvalue weighted by Crippen LogP contribution is -2.42. The van der Waals surface area contributed by atoms with Crippen molar-refractivity contribution in [1.82, 2.24) is 9.97 Å². The van der Waals surface area contributed by atoms with Crippen molar-refractivity contribution in [3.63, 3.8) is 0 Å². The first-order valence-corrected chi connectivity index (χ1v) is 7.36. The van der Waals surface area contributed by atoms with Crippen LogP contribution in [0.2, 0.25) is 0 Å². The van der Waals surface area contributed by atoms with E-state index in [1.54, 1.807) is 18.2 Å². The van der Waals surface area contributed by atoms with E-state index in [0.717, 1.165) is 25.8 Å². The minimum Gasteiger partial charge on any atom is -0.399 e. The summed E-state index contributed by atoms with van der Waals surface area (Å²) in [4.78, 5) is 21.8. The number of rotatable bonds is 3. The molecular weight excluding hydrogens is 268 g/mol. The molecule has 112 valence electrons. The van der Waals surface area contributed by atoms with Crippen molar-refractivity contribution in [2.24, 2.45) is 0 Å². The third-order valence-corrected chi connectivity index (χ3v) is 4.08. The smallest absolute Gasteiger partial charge is 0.260 e. The van der Waals surface area contributed by atoms with E-state index in [2.05, 4.69) is 14.9 Å². The summed E-state index contributed by atoms with van der Waals surface area (Å²) in [6.07, 6.45) is 3.94. The standard InChI is InChI=1S/C15H20N4O2/c16-10-4-5-13-12(9-10)14(21)18-15(17-13)19-7-2-1-3-11(19)6-8-20/h4-5,9,11,20H,1-3,6-8,16H2,(H,17,18,21). The Morgan fingerprint density at radius 2 is 2.29 bits per heavy atom. The van der Waals surface area contributed by atoms with Gasteiger partial charge in [-0.25, -0.2) is 4.98 Å². The molecule has 1 saturated heterocycles. The molecule has 0 radical (unpaired) electrons. The van der Waals surface area contributed by atoms with Crippen LogP contribution >= 0.6 is 0 Å². The number of aromatic nitrogens is 2. The molecule has 3 rings (SSSR count). The highest BCUT2D eigenvalue weighted by atomic mass is 16.3. The second-order valence-electron chi connectivity index (χ2n) is 5.52. The maximum absolute atomic E-state index is 12.2. The maximum atomic E-state index is 12.2. The number of H-pyrrole nitrogens is 1. The van der Waals surface area contributed by atoms with Crippen molar-refractivity contribution in [1.29, 1.82) is 0 Å². The largest absolute Gasteiger partial charge is 0.399 e. The third-order valence-electron chi connectivity index (χ3n) is 4.08. The van der Waals surface area contributed by atoms with Gasteiger partial charge in [-0.15, -0.1) is 0 Å². The number of nitrogens with two attached hydrogens (primary N) is 1. The molecule has 1 fully saturated rings. The fraction of sp³-hybridized carbons (Fsp3) is 0.467. The fourth-order valence-corrected chi connectivity index (χ4v) is 3.01. The van der Waals surface area contributed by atoms with Gasteiger partial charge in [0, 0.05) is 24.9 Å². The number of nitrogens with one attached hydrogen (secondary N) is 1. The predicted molar refractivity (Wildman–Crippen MR) is 83.5 cm³/mol. The molecule has 1 aromatic heterocycles. The summed E-state index contributed by atoms with van der Waals surface area (Å²) >= 11 is 0. The molecule has 0 saturated carbocycles. The van der Waals surface area contributed by atoms with Gasteiger partial charge in [-0.05, 0) is 43.9 Å². The van der Waals surface area contributed by atoms with Gasteiger partial charge in [0.15, 0.2) is 0 Å². The van der Waals surface area contributed by atoms with E-state index in [0.29, 0.717) is 29.0 Å². The Kier molecular flexibility index (Phi) is 3.79. The molecule has 6 nitrogen and oxygen atoms in total. The van der Waals surface area contributed by atoms with E-state index in [1.165, 1.54) is 0 Å². The average molecular weight is 288 g/mol. The highest BCUT2D eigenvalue weighted by molar-refractivity contribution is 5.81. The Morgan fingerprint density at radius 1 is 1.43 bits per heavy atom. The normalized spacial score (nSPS) is 19.1. The molecule has 1 aliphatic heterocycles. The summed E-state index contributed by atoms with van der Waals surface area (Å²) < 4.78 is 0. The van der Waals surface area contributed by atoms with Gasteiger partial charge < -0.3 is 15.7 Å². The molecule has 21 heavy (non-hydrogen) atoms. The number of anilines is 2. The quantitative estimate of drug-likeness (QED) is 0.739. The molecular formula is C15H20N4O2. The van der Waals surface area contributed by atoms with Crippen LogP contribution in [0.3, 0.4) is 0 Å². The topological polar surface area (TPSA) is 95.2 Å². The Bertz CT molecular complexity index is 696. The van der Waals surface area contributed by atoms with E-state index in [4.69, 9.17) is 5.73 Å². The summed E-state index contributed by atoms with van der Waals surface area (Å²) in [7, 11) is 0. The molecule has 0 bridgehead atoms. The van der Waals surface area contributed by atoms with Crippen LogP contribution in [0.1, 0.15) is 25.7 Å². The fourth-order valence-electron chi connectivity index (χ4n) is 3.01. The first-order valence-electron chi connectivity index (χ1n) is 7.36. The van der Waals surface area contributed by atoms with E-state index >= 15 is 0 Å². The van der Waals surface area contributed by atoms with Gasteiger partial charge in [0.1, 0.15) is 0 Å². The molecule has 2 aromatic rings. The van der Waals surface area contributed by atoms with Gasteiger partial charge in [0.05, 0.1) is 10.9 Å². The number of fused-ring (bicyclic) bond motifs is 1. The molecule has 1 aromatic carbocycles. The van der Waals surface area contributed by atoms with Crippen molar-refractivity contribution in [3.05, 3.63) is 28.6 Å². The lowest BCUT2D eigenvalue weighted by molar-refractivity contribution is 0.261. The van der Waals surface area contributed by atoms with Gasteiger partial charge >= 0.3 is 0 Å². The van der Waals surface area contributed by atoms with Crippen molar-refractivity contribution < 1.29 is 5.11 Å². The number of aliphatic hydroxyl groups excluding tert-OH is 1. The highest BCUT2D eigenvalue weighted by Crippen LogP contribution is 2.24. The minimum absolute atomic E-state index is 0.148. The van der Waals surface area contributed by atoms with Crippen molar-refractivity contribution >= 4 is 22.5 Å².